The number of hydrogen-bond donors (Lipinski definition) is 4. The molecule has 3 rings (SSSR count). The summed E-state index contributed by atoms with van der Waals surface area (Å²) in [7, 11) is 0. The molecule has 0 spiro atoms. The van der Waals surface area contributed by atoms with Crippen LogP contribution in [0.2, 0.25) is 0 Å². The van der Waals surface area contributed by atoms with Crippen molar-refractivity contribution in [1.82, 2.24) is 9.55 Å². The second-order valence-electron chi connectivity index (χ2n) is 5.35. The Balaban J connectivity index is 1.93. The Labute approximate surface area is 115 Å². The zero-order valence-electron chi connectivity index (χ0n) is 11.1. The van der Waals surface area contributed by atoms with Crippen molar-refractivity contribution in [3.63, 3.8) is 0 Å². The van der Waals surface area contributed by atoms with E-state index in [0.29, 0.717) is 17.9 Å². The monoisotopic (exact) mass is 282 g/mol. The molecular weight excluding hydrogens is 264 g/mol. The first-order chi connectivity index (χ1) is 9.53. The van der Waals surface area contributed by atoms with Gasteiger partial charge in [-0.1, -0.05) is 0 Å². The maximum Gasteiger partial charge on any atom is 0.139 e. The van der Waals surface area contributed by atoms with Crippen LogP contribution >= 0.6 is 0 Å². The number of aliphatic imine (C=N–C) groups is 1. The summed E-state index contributed by atoms with van der Waals surface area (Å²) in [6.07, 6.45) is 1.67. The van der Waals surface area contributed by atoms with Gasteiger partial charge >= 0.3 is 0 Å². The SMILES string of the molecule is C[C@@]1(O)CN=CNc2c1ncn2C1CC(O)C(CO)O1. The second kappa shape index (κ2) is 4.81. The van der Waals surface area contributed by atoms with Gasteiger partial charge in [-0.2, -0.15) is 0 Å². The summed E-state index contributed by atoms with van der Waals surface area (Å²) < 4.78 is 7.31. The Morgan fingerprint density at radius 3 is 3.10 bits per heavy atom. The molecule has 0 amide bonds. The molecule has 3 unspecified atom stereocenters. The molecule has 0 bridgehead atoms. The van der Waals surface area contributed by atoms with Crippen LogP contribution in [0.3, 0.4) is 0 Å². The van der Waals surface area contributed by atoms with E-state index in [2.05, 4.69) is 15.3 Å². The van der Waals surface area contributed by atoms with Crippen molar-refractivity contribution < 1.29 is 20.1 Å². The zero-order valence-corrected chi connectivity index (χ0v) is 11.1. The number of imidazole rings is 1. The highest BCUT2D eigenvalue weighted by Crippen LogP contribution is 2.35. The third-order valence-corrected chi connectivity index (χ3v) is 3.69. The summed E-state index contributed by atoms with van der Waals surface area (Å²) in [4.78, 5) is 8.29. The number of hydrogen-bond acceptors (Lipinski definition) is 7. The van der Waals surface area contributed by atoms with Crippen LogP contribution < -0.4 is 5.32 Å². The number of nitrogens with zero attached hydrogens (tertiary/aromatic N) is 3. The van der Waals surface area contributed by atoms with E-state index in [0.717, 1.165) is 0 Å². The molecule has 2 aliphatic rings. The second-order valence-corrected chi connectivity index (χ2v) is 5.35. The van der Waals surface area contributed by atoms with Crippen LogP contribution in [0, 0.1) is 0 Å². The third kappa shape index (κ3) is 2.10. The summed E-state index contributed by atoms with van der Waals surface area (Å²) in [5.74, 6) is 0.590. The smallest absolute Gasteiger partial charge is 0.139 e. The number of nitrogens with one attached hydrogen (secondary N) is 1. The minimum Gasteiger partial charge on any atom is -0.394 e. The van der Waals surface area contributed by atoms with E-state index < -0.39 is 24.0 Å². The van der Waals surface area contributed by atoms with E-state index in [9.17, 15) is 10.2 Å². The Morgan fingerprint density at radius 2 is 2.40 bits per heavy atom. The lowest BCUT2D eigenvalue weighted by molar-refractivity contribution is -0.0437. The topological polar surface area (TPSA) is 112 Å². The summed E-state index contributed by atoms with van der Waals surface area (Å²) in [5.41, 5.74) is -0.672. The van der Waals surface area contributed by atoms with Crippen molar-refractivity contribution in [1.29, 1.82) is 0 Å². The first kappa shape index (κ1) is 13.5. The van der Waals surface area contributed by atoms with Gasteiger partial charge < -0.3 is 25.4 Å². The highest BCUT2D eigenvalue weighted by molar-refractivity contribution is 5.76. The Kier molecular flexibility index (Phi) is 3.25. The Bertz CT molecular complexity index is 528. The summed E-state index contributed by atoms with van der Waals surface area (Å²) in [6.45, 7) is 1.63. The van der Waals surface area contributed by atoms with Crippen molar-refractivity contribution >= 4 is 12.2 Å². The molecule has 2 aliphatic heterocycles. The highest BCUT2D eigenvalue weighted by Gasteiger charge is 2.38. The van der Waals surface area contributed by atoms with Gasteiger partial charge in [0.15, 0.2) is 0 Å². The van der Waals surface area contributed by atoms with Crippen LogP contribution in [0.1, 0.15) is 25.3 Å². The number of anilines is 1. The molecule has 8 nitrogen and oxygen atoms in total. The van der Waals surface area contributed by atoms with Gasteiger partial charge in [-0.15, -0.1) is 0 Å². The molecule has 0 aliphatic carbocycles. The molecule has 4 N–H and O–H groups in total. The quantitative estimate of drug-likeness (QED) is 0.564. The molecule has 1 saturated heterocycles. The van der Waals surface area contributed by atoms with Gasteiger partial charge in [-0.25, -0.2) is 4.98 Å². The van der Waals surface area contributed by atoms with Crippen LogP contribution in [0.25, 0.3) is 0 Å². The Morgan fingerprint density at radius 1 is 1.60 bits per heavy atom. The van der Waals surface area contributed by atoms with E-state index in [4.69, 9.17) is 9.84 Å². The fourth-order valence-corrected chi connectivity index (χ4v) is 2.57. The van der Waals surface area contributed by atoms with E-state index in [1.54, 1.807) is 17.8 Å². The van der Waals surface area contributed by atoms with Crippen LogP contribution in [-0.2, 0) is 10.3 Å². The first-order valence-electron chi connectivity index (χ1n) is 6.52. The molecule has 0 aromatic carbocycles. The molecular formula is C12H18N4O4. The van der Waals surface area contributed by atoms with Gasteiger partial charge in [0.2, 0.25) is 0 Å². The summed E-state index contributed by atoms with van der Waals surface area (Å²) >= 11 is 0. The first-order valence-corrected chi connectivity index (χ1v) is 6.52. The van der Waals surface area contributed by atoms with Crippen LogP contribution in [0.15, 0.2) is 11.3 Å². The molecule has 8 heteroatoms. The average molecular weight is 282 g/mol. The van der Waals surface area contributed by atoms with Crippen molar-refractivity contribution in [2.75, 3.05) is 18.5 Å². The number of aromatic nitrogens is 2. The van der Waals surface area contributed by atoms with Gasteiger partial charge in [0.1, 0.15) is 29.4 Å². The summed E-state index contributed by atoms with van der Waals surface area (Å²) in [5, 5.41) is 32.3. The molecule has 4 atom stereocenters. The maximum absolute atomic E-state index is 10.4. The van der Waals surface area contributed by atoms with E-state index in [-0.39, 0.29) is 13.2 Å². The molecule has 1 aromatic rings. The number of aliphatic hydroxyl groups excluding tert-OH is 2. The lowest BCUT2D eigenvalue weighted by atomic mass is 10.0. The largest absolute Gasteiger partial charge is 0.394 e. The predicted molar refractivity (Wildman–Crippen MR) is 70.4 cm³/mol. The average Bonchev–Trinajstić information content (AvgIpc) is 2.94. The molecule has 20 heavy (non-hydrogen) atoms. The third-order valence-electron chi connectivity index (χ3n) is 3.69. The lowest BCUT2D eigenvalue weighted by Gasteiger charge is -2.20. The number of fused-ring (bicyclic) bond motifs is 1. The summed E-state index contributed by atoms with van der Waals surface area (Å²) in [6, 6.07) is 0. The minimum absolute atomic E-state index is 0.220. The van der Waals surface area contributed by atoms with Crippen molar-refractivity contribution in [3.8, 4) is 0 Å². The number of ether oxygens (including phenoxy) is 1. The predicted octanol–water partition coefficient (Wildman–Crippen LogP) is -0.815. The van der Waals surface area contributed by atoms with Crippen molar-refractivity contribution in [2.45, 2.75) is 37.4 Å². The van der Waals surface area contributed by atoms with Crippen LogP contribution in [0.5, 0.6) is 0 Å². The van der Waals surface area contributed by atoms with Crippen LogP contribution in [0.4, 0.5) is 5.82 Å². The minimum atomic E-state index is -1.16. The van der Waals surface area contributed by atoms with E-state index >= 15 is 0 Å². The van der Waals surface area contributed by atoms with Gasteiger partial charge in [-0.3, -0.25) is 9.56 Å². The van der Waals surface area contributed by atoms with E-state index in [1.165, 1.54) is 6.34 Å². The Hall–Kier alpha value is -1.48. The van der Waals surface area contributed by atoms with Gasteiger partial charge in [0, 0.05) is 6.42 Å². The number of aliphatic hydroxyl groups is 3. The van der Waals surface area contributed by atoms with Gasteiger partial charge in [-0.05, 0) is 6.92 Å². The van der Waals surface area contributed by atoms with Crippen molar-refractivity contribution in [3.05, 3.63) is 12.0 Å². The molecule has 0 saturated carbocycles. The zero-order chi connectivity index (χ0) is 14.3. The standard InChI is InChI=1S/C12H18N4O4/c1-12(19)4-13-5-14-11-10(12)15-6-16(11)9-2-7(18)8(3-17)20-9/h5-9,17-19H,2-4H2,1H3,(H,13,14)/t7?,8?,9?,12-/m1/s1. The number of rotatable bonds is 2. The fraction of sp³-hybridized carbons (Fsp3) is 0.667. The maximum atomic E-state index is 10.4. The van der Waals surface area contributed by atoms with Crippen molar-refractivity contribution in [2.24, 2.45) is 4.99 Å². The highest BCUT2D eigenvalue weighted by atomic mass is 16.5. The molecule has 110 valence electrons. The normalized spacial score (nSPS) is 36.5. The van der Waals surface area contributed by atoms with E-state index in [1.807, 2.05) is 0 Å². The van der Waals surface area contributed by atoms with Crippen LogP contribution in [-0.4, -0.2) is 56.6 Å². The van der Waals surface area contributed by atoms with Gasteiger partial charge in [0.05, 0.1) is 31.9 Å². The van der Waals surface area contributed by atoms with Gasteiger partial charge in [0.25, 0.3) is 0 Å². The molecule has 1 aromatic heterocycles. The lowest BCUT2D eigenvalue weighted by Crippen LogP contribution is -2.25. The fourth-order valence-electron chi connectivity index (χ4n) is 2.57. The molecule has 3 heterocycles. The molecule has 0 radical (unpaired) electrons. The molecule has 1 fully saturated rings.